The lowest BCUT2D eigenvalue weighted by atomic mass is 9.83. The van der Waals surface area contributed by atoms with E-state index < -0.39 is 23.9 Å². The standard InChI is InChI=1S/C27H18BrClN2O3/c28-17-7-11-19(12-8-17)31-26(33)21-22(27(31)34)24(25(32)16-5-9-18(29)10-6-16)30-14-13-15-3-1-2-4-20(15)23(21)30/h1-14,21-24H/t21-,22+,23+,24-/m0/s1. The van der Waals surface area contributed by atoms with E-state index in [0.29, 0.717) is 16.3 Å². The number of hydrogen-bond donors (Lipinski definition) is 0. The number of benzene rings is 3. The molecule has 7 heteroatoms. The molecule has 3 aromatic carbocycles. The van der Waals surface area contributed by atoms with Gasteiger partial charge in [0.1, 0.15) is 6.04 Å². The number of amides is 2. The van der Waals surface area contributed by atoms with Crippen molar-refractivity contribution in [1.29, 1.82) is 0 Å². The van der Waals surface area contributed by atoms with Gasteiger partial charge in [0.25, 0.3) is 0 Å². The first kappa shape index (κ1) is 21.3. The van der Waals surface area contributed by atoms with Gasteiger partial charge in [-0.2, -0.15) is 0 Å². The monoisotopic (exact) mass is 532 g/mol. The molecule has 0 bridgehead atoms. The SMILES string of the molecule is O=C(c1ccc(Cl)cc1)[C@@H]1[C@@H]2C(=O)N(c3ccc(Br)cc3)C(=O)[C@@H]2[C@H]2c3ccccc3C=CN12. The smallest absolute Gasteiger partial charge is 0.240 e. The number of fused-ring (bicyclic) bond motifs is 5. The number of carbonyl (C=O) groups is 3. The van der Waals surface area contributed by atoms with Gasteiger partial charge in [0, 0.05) is 21.3 Å². The van der Waals surface area contributed by atoms with Crippen LogP contribution in [-0.2, 0) is 9.59 Å². The molecule has 0 aliphatic carbocycles. The number of halogens is 2. The van der Waals surface area contributed by atoms with Gasteiger partial charge in [-0.15, -0.1) is 0 Å². The maximum absolute atomic E-state index is 13.8. The molecule has 0 radical (unpaired) electrons. The lowest BCUT2D eigenvalue weighted by molar-refractivity contribution is -0.123. The normalized spacial score (nSPS) is 24.8. The predicted molar refractivity (Wildman–Crippen MR) is 133 cm³/mol. The van der Waals surface area contributed by atoms with Crippen LogP contribution in [0.25, 0.3) is 6.08 Å². The van der Waals surface area contributed by atoms with Gasteiger partial charge in [-0.25, -0.2) is 4.90 Å². The van der Waals surface area contributed by atoms with Crippen LogP contribution in [-0.4, -0.2) is 28.5 Å². The van der Waals surface area contributed by atoms with Crippen molar-refractivity contribution in [2.24, 2.45) is 11.8 Å². The summed E-state index contributed by atoms with van der Waals surface area (Å²) in [5.74, 6) is -2.27. The summed E-state index contributed by atoms with van der Waals surface area (Å²) in [6.07, 6.45) is 3.80. The largest absolute Gasteiger partial charge is 0.358 e. The van der Waals surface area contributed by atoms with Gasteiger partial charge in [-0.1, -0.05) is 51.8 Å². The summed E-state index contributed by atoms with van der Waals surface area (Å²) in [5.41, 5.74) is 2.91. The van der Waals surface area contributed by atoms with Crippen LogP contribution in [0.3, 0.4) is 0 Å². The molecular weight excluding hydrogens is 516 g/mol. The van der Waals surface area contributed by atoms with Gasteiger partial charge in [-0.05, 0) is 65.7 Å². The van der Waals surface area contributed by atoms with Crippen molar-refractivity contribution in [3.8, 4) is 0 Å². The van der Waals surface area contributed by atoms with Crippen molar-refractivity contribution >= 4 is 56.9 Å². The first-order chi connectivity index (χ1) is 16.5. The minimum atomic E-state index is -0.794. The summed E-state index contributed by atoms with van der Waals surface area (Å²) >= 11 is 9.43. The second-order valence-electron chi connectivity index (χ2n) is 8.69. The molecule has 0 aromatic heterocycles. The molecule has 34 heavy (non-hydrogen) atoms. The van der Waals surface area contributed by atoms with E-state index in [1.165, 1.54) is 4.90 Å². The van der Waals surface area contributed by atoms with E-state index in [9.17, 15) is 14.4 Å². The molecule has 3 aliphatic rings. The lowest BCUT2D eigenvalue weighted by Crippen LogP contribution is -2.44. The van der Waals surface area contributed by atoms with Crippen molar-refractivity contribution < 1.29 is 14.4 Å². The summed E-state index contributed by atoms with van der Waals surface area (Å²) in [4.78, 5) is 44.6. The molecule has 2 fully saturated rings. The van der Waals surface area contributed by atoms with E-state index in [1.54, 1.807) is 48.5 Å². The predicted octanol–water partition coefficient (Wildman–Crippen LogP) is 5.50. The van der Waals surface area contributed by atoms with Gasteiger partial charge in [0.2, 0.25) is 11.8 Å². The molecule has 3 heterocycles. The average molecular weight is 534 g/mol. The van der Waals surface area contributed by atoms with Crippen molar-refractivity contribution in [3.63, 3.8) is 0 Å². The van der Waals surface area contributed by atoms with Crippen molar-refractivity contribution in [2.75, 3.05) is 4.90 Å². The van der Waals surface area contributed by atoms with Crippen LogP contribution in [0.5, 0.6) is 0 Å². The summed E-state index contributed by atoms with van der Waals surface area (Å²) in [5, 5.41) is 0.527. The highest BCUT2D eigenvalue weighted by molar-refractivity contribution is 9.10. The quantitative estimate of drug-likeness (QED) is 0.330. The molecule has 4 atom stereocenters. The van der Waals surface area contributed by atoms with E-state index >= 15 is 0 Å². The summed E-state index contributed by atoms with van der Waals surface area (Å²) in [6, 6.07) is 20.4. The number of carbonyl (C=O) groups excluding carboxylic acids is 3. The molecule has 5 nitrogen and oxygen atoms in total. The highest BCUT2D eigenvalue weighted by Gasteiger charge is 2.64. The minimum Gasteiger partial charge on any atom is -0.358 e. The molecule has 2 amide bonds. The number of imide groups is 1. The molecule has 3 aromatic rings. The third kappa shape index (κ3) is 3.09. The molecule has 0 spiro atoms. The maximum atomic E-state index is 13.8. The van der Waals surface area contributed by atoms with Gasteiger partial charge in [-0.3, -0.25) is 14.4 Å². The fraction of sp³-hybridized carbons (Fsp3) is 0.148. The Kier molecular flexibility index (Phi) is 4.97. The van der Waals surface area contributed by atoms with Crippen LogP contribution in [0.1, 0.15) is 27.5 Å². The zero-order chi connectivity index (χ0) is 23.6. The van der Waals surface area contributed by atoms with E-state index in [0.717, 1.165) is 15.6 Å². The van der Waals surface area contributed by atoms with Crippen molar-refractivity contribution in [1.82, 2.24) is 4.90 Å². The zero-order valence-electron chi connectivity index (χ0n) is 17.8. The van der Waals surface area contributed by atoms with Crippen LogP contribution in [0.4, 0.5) is 5.69 Å². The molecule has 168 valence electrons. The summed E-state index contributed by atoms with van der Waals surface area (Å²) in [7, 11) is 0. The van der Waals surface area contributed by atoms with E-state index in [-0.39, 0.29) is 17.6 Å². The van der Waals surface area contributed by atoms with Crippen molar-refractivity contribution in [2.45, 2.75) is 12.1 Å². The number of anilines is 1. The van der Waals surface area contributed by atoms with Gasteiger partial charge < -0.3 is 4.90 Å². The van der Waals surface area contributed by atoms with Gasteiger partial charge in [0.15, 0.2) is 5.78 Å². The number of nitrogens with zero attached hydrogens (tertiary/aromatic N) is 2. The Hall–Kier alpha value is -3.22. The summed E-state index contributed by atoms with van der Waals surface area (Å²) < 4.78 is 0.851. The third-order valence-electron chi connectivity index (χ3n) is 6.94. The Balaban J connectivity index is 1.49. The Labute approximate surface area is 209 Å². The molecule has 0 saturated carbocycles. The van der Waals surface area contributed by atoms with E-state index in [2.05, 4.69) is 15.9 Å². The first-order valence-corrected chi connectivity index (χ1v) is 12.1. The van der Waals surface area contributed by atoms with Gasteiger partial charge in [0.05, 0.1) is 23.6 Å². The third-order valence-corrected chi connectivity index (χ3v) is 7.72. The molecule has 0 N–H and O–H groups in total. The fourth-order valence-corrected chi connectivity index (χ4v) is 5.88. The van der Waals surface area contributed by atoms with Gasteiger partial charge >= 0.3 is 0 Å². The van der Waals surface area contributed by atoms with Crippen LogP contribution in [0, 0.1) is 11.8 Å². The molecular formula is C27H18BrClN2O3. The van der Waals surface area contributed by atoms with Crippen LogP contribution < -0.4 is 4.90 Å². The second-order valence-corrected chi connectivity index (χ2v) is 10.0. The highest BCUT2D eigenvalue weighted by atomic mass is 79.9. The Morgan fingerprint density at radius 3 is 2.26 bits per heavy atom. The Bertz CT molecular complexity index is 1370. The topological polar surface area (TPSA) is 57.7 Å². The lowest BCUT2D eigenvalue weighted by Gasteiger charge is -2.35. The van der Waals surface area contributed by atoms with Crippen LogP contribution in [0.2, 0.25) is 5.02 Å². The molecule has 6 rings (SSSR count). The van der Waals surface area contributed by atoms with E-state index in [4.69, 9.17) is 11.6 Å². The Morgan fingerprint density at radius 1 is 0.853 bits per heavy atom. The average Bonchev–Trinajstić information content (AvgIpc) is 3.32. The second kappa shape index (κ2) is 7.93. The van der Waals surface area contributed by atoms with E-state index in [1.807, 2.05) is 41.4 Å². The zero-order valence-corrected chi connectivity index (χ0v) is 20.1. The fourth-order valence-electron chi connectivity index (χ4n) is 5.49. The first-order valence-electron chi connectivity index (χ1n) is 10.9. The highest BCUT2D eigenvalue weighted by Crippen LogP contribution is 2.53. The maximum Gasteiger partial charge on any atom is 0.240 e. The summed E-state index contributed by atoms with van der Waals surface area (Å²) in [6.45, 7) is 0. The molecule has 2 saturated heterocycles. The van der Waals surface area contributed by atoms with Crippen LogP contribution in [0.15, 0.2) is 83.5 Å². The minimum absolute atomic E-state index is 0.197. The van der Waals surface area contributed by atoms with Crippen LogP contribution >= 0.6 is 27.5 Å². The number of ketones is 1. The van der Waals surface area contributed by atoms with Crippen molar-refractivity contribution in [3.05, 3.63) is 105 Å². The molecule has 3 aliphatic heterocycles. The number of rotatable bonds is 3. The molecule has 0 unspecified atom stereocenters. The number of hydrogen-bond acceptors (Lipinski definition) is 4. The number of Topliss-reactive ketones (excluding diaryl/α,β-unsaturated/α-hetero) is 1. The Morgan fingerprint density at radius 2 is 1.53 bits per heavy atom.